The Morgan fingerprint density at radius 3 is 2.42 bits per heavy atom. The van der Waals surface area contributed by atoms with Crippen molar-refractivity contribution in [3.05, 3.63) is 30.3 Å². The molecule has 0 spiro atoms. The summed E-state index contributed by atoms with van der Waals surface area (Å²) in [5, 5.41) is 6.43. The summed E-state index contributed by atoms with van der Waals surface area (Å²) < 4.78 is 0. The topological polar surface area (TPSA) is 47.6 Å². The van der Waals surface area contributed by atoms with Crippen molar-refractivity contribution in [2.24, 2.45) is 5.92 Å². The van der Waals surface area contributed by atoms with Crippen molar-refractivity contribution < 1.29 is 4.79 Å². The van der Waals surface area contributed by atoms with E-state index in [0.717, 1.165) is 78.0 Å². The summed E-state index contributed by atoms with van der Waals surface area (Å²) in [6, 6.07) is 10.7. The molecule has 1 amide bonds. The molecule has 1 aromatic rings. The SMILES string of the molecule is Cl.O=C(NCCCCN1CCN(c2ccccc2)CC1)C1CCNCC1. The number of hydrogen-bond donors (Lipinski definition) is 2. The van der Waals surface area contributed by atoms with Crippen LogP contribution in [0.2, 0.25) is 0 Å². The average Bonchev–Trinajstić information content (AvgIpc) is 2.69. The van der Waals surface area contributed by atoms with Gasteiger partial charge in [-0.1, -0.05) is 18.2 Å². The van der Waals surface area contributed by atoms with Crippen LogP contribution in [0.15, 0.2) is 30.3 Å². The first-order chi connectivity index (χ1) is 12.3. The first-order valence-electron chi connectivity index (χ1n) is 9.84. The molecule has 2 aliphatic heterocycles. The van der Waals surface area contributed by atoms with Gasteiger partial charge in [-0.15, -0.1) is 12.4 Å². The Balaban J connectivity index is 0.00000243. The molecular weight excluding hydrogens is 348 g/mol. The highest BCUT2D eigenvalue weighted by Gasteiger charge is 2.20. The Morgan fingerprint density at radius 1 is 1.04 bits per heavy atom. The van der Waals surface area contributed by atoms with Gasteiger partial charge in [0.15, 0.2) is 0 Å². The summed E-state index contributed by atoms with van der Waals surface area (Å²) in [7, 11) is 0. The third kappa shape index (κ3) is 6.45. The van der Waals surface area contributed by atoms with Gasteiger partial charge in [0.1, 0.15) is 0 Å². The lowest BCUT2D eigenvalue weighted by Gasteiger charge is -2.36. The smallest absolute Gasteiger partial charge is 0.223 e. The fourth-order valence-electron chi connectivity index (χ4n) is 3.77. The molecule has 6 heteroatoms. The maximum absolute atomic E-state index is 12.1. The zero-order chi connectivity index (χ0) is 17.3. The van der Waals surface area contributed by atoms with Gasteiger partial charge in [0.2, 0.25) is 5.91 Å². The minimum absolute atomic E-state index is 0. The normalized spacial score (nSPS) is 19.0. The quantitative estimate of drug-likeness (QED) is 0.711. The first kappa shape index (κ1) is 21.0. The summed E-state index contributed by atoms with van der Waals surface area (Å²) in [4.78, 5) is 17.1. The van der Waals surface area contributed by atoms with Crippen molar-refractivity contribution >= 4 is 24.0 Å². The zero-order valence-corrected chi connectivity index (χ0v) is 16.5. The van der Waals surface area contributed by atoms with Crippen molar-refractivity contribution in [2.75, 3.05) is 57.3 Å². The van der Waals surface area contributed by atoms with Crippen LogP contribution in [-0.4, -0.2) is 63.2 Å². The third-order valence-corrected chi connectivity index (χ3v) is 5.40. The fourth-order valence-corrected chi connectivity index (χ4v) is 3.77. The number of piperazine rings is 1. The maximum atomic E-state index is 12.1. The summed E-state index contributed by atoms with van der Waals surface area (Å²) >= 11 is 0. The highest BCUT2D eigenvalue weighted by Crippen LogP contribution is 2.15. The van der Waals surface area contributed by atoms with Crippen molar-refractivity contribution in [1.82, 2.24) is 15.5 Å². The number of para-hydroxylation sites is 1. The second-order valence-electron chi connectivity index (χ2n) is 7.19. The van der Waals surface area contributed by atoms with Crippen molar-refractivity contribution in [3.8, 4) is 0 Å². The Kier molecular flexibility index (Phi) is 9.23. The first-order valence-corrected chi connectivity index (χ1v) is 9.84. The van der Waals surface area contributed by atoms with Crippen LogP contribution in [0, 0.1) is 5.92 Å². The van der Waals surface area contributed by atoms with Crippen LogP contribution >= 0.6 is 12.4 Å². The van der Waals surface area contributed by atoms with Crippen LogP contribution < -0.4 is 15.5 Å². The van der Waals surface area contributed by atoms with Gasteiger partial charge < -0.3 is 15.5 Å². The van der Waals surface area contributed by atoms with E-state index in [-0.39, 0.29) is 24.2 Å². The van der Waals surface area contributed by atoms with Gasteiger partial charge in [0.05, 0.1) is 0 Å². The van der Waals surface area contributed by atoms with Crippen LogP contribution in [0.25, 0.3) is 0 Å². The number of nitrogens with one attached hydrogen (secondary N) is 2. The lowest BCUT2D eigenvalue weighted by molar-refractivity contribution is -0.125. The molecule has 3 rings (SSSR count). The van der Waals surface area contributed by atoms with Gasteiger partial charge in [-0.3, -0.25) is 9.69 Å². The molecule has 5 nitrogen and oxygen atoms in total. The highest BCUT2D eigenvalue weighted by molar-refractivity contribution is 5.85. The van der Waals surface area contributed by atoms with E-state index in [2.05, 4.69) is 50.8 Å². The molecule has 2 saturated heterocycles. The molecule has 0 saturated carbocycles. The number of hydrogen-bond acceptors (Lipinski definition) is 4. The number of carbonyl (C=O) groups excluding carboxylic acids is 1. The number of unbranched alkanes of at least 4 members (excludes halogenated alkanes) is 1. The van der Waals surface area contributed by atoms with E-state index in [4.69, 9.17) is 0 Å². The Bertz CT molecular complexity index is 514. The molecular formula is C20H33ClN4O. The van der Waals surface area contributed by atoms with Crippen LogP contribution in [0.3, 0.4) is 0 Å². The zero-order valence-electron chi connectivity index (χ0n) is 15.7. The molecule has 0 aliphatic carbocycles. The molecule has 2 fully saturated rings. The Hall–Kier alpha value is -1.30. The predicted molar refractivity (Wildman–Crippen MR) is 110 cm³/mol. The van der Waals surface area contributed by atoms with Gasteiger partial charge in [0, 0.05) is 44.3 Å². The van der Waals surface area contributed by atoms with Gasteiger partial charge >= 0.3 is 0 Å². The van der Waals surface area contributed by atoms with Crippen LogP contribution in [-0.2, 0) is 4.79 Å². The van der Waals surface area contributed by atoms with Gasteiger partial charge in [-0.05, 0) is 57.5 Å². The Labute approximate surface area is 163 Å². The molecule has 0 bridgehead atoms. The average molecular weight is 381 g/mol. The number of rotatable bonds is 7. The van der Waals surface area contributed by atoms with Crippen molar-refractivity contribution in [1.29, 1.82) is 0 Å². The lowest BCUT2D eigenvalue weighted by atomic mass is 9.97. The summed E-state index contributed by atoms with van der Waals surface area (Å²) in [5.74, 6) is 0.491. The number of carbonyl (C=O) groups is 1. The van der Waals surface area contributed by atoms with Crippen molar-refractivity contribution in [3.63, 3.8) is 0 Å². The van der Waals surface area contributed by atoms with E-state index in [1.165, 1.54) is 5.69 Å². The molecule has 26 heavy (non-hydrogen) atoms. The molecule has 0 aromatic heterocycles. The molecule has 1 aromatic carbocycles. The second kappa shape index (κ2) is 11.4. The number of halogens is 1. The minimum atomic E-state index is 0. The number of benzene rings is 1. The highest BCUT2D eigenvalue weighted by atomic mass is 35.5. The van der Waals surface area contributed by atoms with Crippen LogP contribution in [0.4, 0.5) is 5.69 Å². The van der Waals surface area contributed by atoms with E-state index < -0.39 is 0 Å². The van der Waals surface area contributed by atoms with E-state index in [1.807, 2.05) is 0 Å². The summed E-state index contributed by atoms with van der Waals surface area (Å²) in [5.41, 5.74) is 1.34. The number of piperidine rings is 1. The minimum Gasteiger partial charge on any atom is -0.369 e. The molecule has 2 aliphatic rings. The number of nitrogens with zero attached hydrogens (tertiary/aromatic N) is 2. The monoisotopic (exact) mass is 380 g/mol. The van der Waals surface area contributed by atoms with Gasteiger partial charge in [-0.2, -0.15) is 0 Å². The lowest BCUT2D eigenvalue weighted by Crippen LogP contribution is -2.46. The molecule has 2 heterocycles. The van der Waals surface area contributed by atoms with E-state index in [9.17, 15) is 4.79 Å². The molecule has 2 N–H and O–H groups in total. The molecule has 0 unspecified atom stereocenters. The van der Waals surface area contributed by atoms with Gasteiger partial charge in [0.25, 0.3) is 0 Å². The molecule has 146 valence electrons. The number of anilines is 1. The third-order valence-electron chi connectivity index (χ3n) is 5.40. The number of amides is 1. The predicted octanol–water partition coefficient (Wildman–Crippen LogP) is 2.13. The fraction of sp³-hybridized carbons (Fsp3) is 0.650. The maximum Gasteiger partial charge on any atom is 0.223 e. The van der Waals surface area contributed by atoms with E-state index in [0.29, 0.717) is 0 Å². The second-order valence-corrected chi connectivity index (χ2v) is 7.19. The van der Waals surface area contributed by atoms with E-state index >= 15 is 0 Å². The van der Waals surface area contributed by atoms with Gasteiger partial charge in [-0.25, -0.2) is 0 Å². The summed E-state index contributed by atoms with van der Waals surface area (Å²) in [6.07, 6.45) is 4.21. The van der Waals surface area contributed by atoms with Crippen LogP contribution in [0.1, 0.15) is 25.7 Å². The van der Waals surface area contributed by atoms with E-state index in [1.54, 1.807) is 0 Å². The molecule has 0 atom stereocenters. The standard InChI is InChI=1S/C20H32N4O.ClH/c25-20(18-8-11-21-12-9-18)22-10-4-5-13-23-14-16-24(17-15-23)19-6-2-1-3-7-19;/h1-3,6-7,18,21H,4-5,8-17H2,(H,22,25);1H. The molecule has 0 radical (unpaired) electrons. The largest absolute Gasteiger partial charge is 0.369 e. The van der Waals surface area contributed by atoms with Crippen LogP contribution in [0.5, 0.6) is 0 Å². The Morgan fingerprint density at radius 2 is 1.73 bits per heavy atom. The summed E-state index contributed by atoms with van der Waals surface area (Å²) in [6.45, 7) is 8.41. The van der Waals surface area contributed by atoms with Crippen molar-refractivity contribution in [2.45, 2.75) is 25.7 Å².